The average molecular weight is 396 g/mol. The Bertz CT molecular complexity index is 845. The molecule has 0 heterocycles. The molecule has 29 heavy (non-hydrogen) atoms. The van der Waals surface area contributed by atoms with Crippen LogP contribution in [0.4, 0.5) is 11.4 Å². The minimum atomic E-state index is -0.298. The van der Waals surface area contributed by atoms with Gasteiger partial charge in [-0.05, 0) is 55.6 Å². The molecular weight excluding hydrogens is 368 g/mol. The van der Waals surface area contributed by atoms with Gasteiger partial charge in [-0.25, -0.2) is 0 Å². The number of carbonyl (C=O) groups is 3. The van der Waals surface area contributed by atoms with E-state index in [2.05, 4.69) is 34.7 Å². The van der Waals surface area contributed by atoms with Crippen LogP contribution in [0.5, 0.6) is 0 Å². The Morgan fingerprint density at radius 3 is 2.14 bits per heavy atom. The van der Waals surface area contributed by atoms with Gasteiger partial charge in [0.05, 0.1) is 0 Å². The second-order valence-electron chi connectivity index (χ2n) is 6.58. The highest BCUT2D eigenvalue weighted by Crippen LogP contribution is 2.14. The monoisotopic (exact) mass is 396 g/mol. The zero-order valence-electron chi connectivity index (χ0n) is 17.1. The van der Waals surface area contributed by atoms with Crippen LogP contribution in [0, 0.1) is 0 Å². The van der Waals surface area contributed by atoms with E-state index in [1.165, 1.54) is 6.92 Å². The van der Waals surface area contributed by atoms with Crippen LogP contribution < -0.4 is 16.0 Å². The zero-order valence-corrected chi connectivity index (χ0v) is 17.1. The fourth-order valence-electron chi connectivity index (χ4n) is 2.82. The number of benzene rings is 2. The quantitative estimate of drug-likeness (QED) is 0.608. The van der Waals surface area contributed by atoms with Crippen molar-refractivity contribution in [2.75, 3.05) is 36.8 Å². The predicted octanol–water partition coefficient (Wildman–Crippen LogP) is 2.97. The van der Waals surface area contributed by atoms with Crippen LogP contribution in [0.15, 0.2) is 48.5 Å². The lowest BCUT2D eigenvalue weighted by Gasteiger charge is -2.18. The van der Waals surface area contributed by atoms with Gasteiger partial charge in [0.2, 0.25) is 5.91 Å². The lowest BCUT2D eigenvalue weighted by Crippen LogP contribution is -2.34. The smallest absolute Gasteiger partial charge is 0.255 e. The third-order valence-electron chi connectivity index (χ3n) is 4.46. The molecule has 0 aromatic heterocycles. The first-order valence-corrected chi connectivity index (χ1v) is 9.72. The van der Waals surface area contributed by atoms with E-state index in [4.69, 9.17) is 0 Å². The van der Waals surface area contributed by atoms with Crippen molar-refractivity contribution >= 4 is 29.1 Å². The van der Waals surface area contributed by atoms with Crippen molar-refractivity contribution in [3.8, 4) is 0 Å². The molecule has 0 spiro atoms. The summed E-state index contributed by atoms with van der Waals surface area (Å²) < 4.78 is 0. The van der Waals surface area contributed by atoms with Gasteiger partial charge in [-0.1, -0.05) is 19.9 Å². The first-order chi connectivity index (χ1) is 13.9. The molecule has 154 valence electrons. The number of nitrogens with one attached hydrogen (secondary N) is 3. The van der Waals surface area contributed by atoms with E-state index in [0.29, 0.717) is 29.0 Å². The summed E-state index contributed by atoms with van der Waals surface area (Å²) in [5, 5.41) is 8.34. The number of nitrogens with zero attached hydrogens (tertiary/aromatic N) is 1. The van der Waals surface area contributed by atoms with Gasteiger partial charge in [-0.2, -0.15) is 0 Å². The molecule has 0 aliphatic rings. The van der Waals surface area contributed by atoms with Crippen molar-refractivity contribution in [1.82, 2.24) is 10.2 Å². The number of likely N-dealkylation sites (N-methyl/N-ethyl adjacent to an activating group) is 1. The Morgan fingerprint density at radius 1 is 0.828 bits per heavy atom. The largest absolute Gasteiger partial charge is 0.351 e. The minimum Gasteiger partial charge on any atom is -0.351 e. The summed E-state index contributed by atoms with van der Waals surface area (Å²) in [5.74, 6) is -0.639. The molecule has 2 rings (SSSR count). The van der Waals surface area contributed by atoms with Crippen LogP contribution in [0.3, 0.4) is 0 Å². The van der Waals surface area contributed by atoms with Crippen LogP contribution in [-0.4, -0.2) is 48.8 Å². The second-order valence-corrected chi connectivity index (χ2v) is 6.58. The maximum atomic E-state index is 12.4. The van der Waals surface area contributed by atoms with E-state index in [9.17, 15) is 14.4 Å². The second kappa shape index (κ2) is 11.0. The van der Waals surface area contributed by atoms with Gasteiger partial charge in [0.1, 0.15) is 0 Å². The average Bonchev–Trinajstić information content (AvgIpc) is 2.71. The van der Waals surface area contributed by atoms with Crippen molar-refractivity contribution in [1.29, 1.82) is 0 Å². The zero-order chi connectivity index (χ0) is 21.2. The molecule has 0 saturated carbocycles. The Kier molecular flexibility index (Phi) is 8.36. The van der Waals surface area contributed by atoms with Crippen molar-refractivity contribution in [3.05, 3.63) is 59.7 Å². The molecule has 0 fully saturated rings. The number of hydrogen-bond donors (Lipinski definition) is 3. The van der Waals surface area contributed by atoms with Gasteiger partial charge >= 0.3 is 0 Å². The highest BCUT2D eigenvalue weighted by molar-refractivity contribution is 6.05. The van der Waals surface area contributed by atoms with Gasteiger partial charge in [0.25, 0.3) is 11.8 Å². The van der Waals surface area contributed by atoms with Crippen LogP contribution in [0.1, 0.15) is 41.5 Å². The molecule has 7 nitrogen and oxygen atoms in total. The lowest BCUT2D eigenvalue weighted by atomic mass is 10.1. The fourth-order valence-corrected chi connectivity index (χ4v) is 2.82. The van der Waals surface area contributed by atoms with E-state index in [-0.39, 0.29) is 17.7 Å². The topological polar surface area (TPSA) is 90.5 Å². The van der Waals surface area contributed by atoms with E-state index in [0.717, 1.165) is 19.6 Å². The van der Waals surface area contributed by atoms with Crippen LogP contribution >= 0.6 is 0 Å². The third kappa shape index (κ3) is 7.04. The molecule has 0 unspecified atom stereocenters. The maximum Gasteiger partial charge on any atom is 0.255 e. The number of amides is 3. The molecule has 2 aromatic rings. The molecule has 0 saturated heterocycles. The molecule has 0 aliphatic heterocycles. The number of hydrogen-bond acceptors (Lipinski definition) is 4. The molecule has 7 heteroatoms. The number of rotatable bonds is 9. The van der Waals surface area contributed by atoms with Crippen molar-refractivity contribution < 1.29 is 14.4 Å². The highest BCUT2D eigenvalue weighted by Gasteiger charge is 2.09. The Balaban J connectivity index is 1.92. The van der Waals surface area contributed by atoms with Crippen LogP contribution in [0.25, 0.3) is 0 Å². The van der Waals surface area contributed by atoms with Crippen LogP contribution in [0.2, 0.25) is 0 Å². The summed E-state index contributed by atoms with van der Waals surface area (Å²) >= 11 is 0. The van der Waals surface area contributed by atoms with E-state index in [1.807, 2.05) is 0 Å². The molecule has 3 amide bonds. The summed E-state index contributed by atoms with van der Waals surface area (Å²) in [7, 11) is 0. The summed E-state index contributed by atoms with van der Waals surface area (Å²) in [6.07, 6.45) is 0. The molecule has 0 atom stereocenters. The normalized spacial score (nSPS) is 10.5. The number of anilines is 2. The Hall–Kier alpha value is -3.19. The van der Waals surface area contributed by atoms with E-state index in [1.54, 1.807) is 48.5 Å². The Labute approximate surface area is 171 Å². The van der Waals surface area contributed by atoms with Crippen molar-refractivity contribution in [2.45, 2.75) is 20.8 Å². The summed E-state index contributed by atoms with van der Waals surface area (Å²) in [6, 6.07) is 13.4. The maximum absolute atomic E-state index is 12.4. The van der Waals surface area contributed by atoms with Gasteiger partial charge in [-0.15, -0.1) is 0 Å². The Morgan fingerprint density at radius 2 is 1.52 bits per heavy atom. The third-order valence-corrected chi connectivity index (χ3v) is 4.46. The van der Waals surface area contributed by atoms with Gasteiger partial charge in [0, 0.05) is 42.5 Å². The van der Waals surface area contributed by atoms with E-state index >= 15 is 0 Å². The fraction of sp³-hybridized carbons (Fsp3) is 0.318. The molecule has 0 aliphatic carbocycles. The molecule has 0 bridgehead atoms. The summed E-state index contributed by atoms with van der Waals surface area (Å²) in [5.41, 5.74) is 2.10. The van der Waals surface area contributed by atoms with Crippen LogP contribution in [-0.2, 0) is 4.79 Å². The minimum absolute atomic E-state index is 0.141. The highest BCUT2D eigenvalue weighted by atomic mass is 16.2. The first kappa shape index (κ1) is 22.1. The lowest BCUT2D eigenvalue weighted by molar-refractivity contribution is -0.114. The first-order valence-electron chi connectivity index (χ1n) is 9.72. The SMILES string of the molecule is CCN(CC)CCNC(=O)c1ccc(NC(=O)c2cccc(NC(C)=O)c2)cc1. The predicted molar refractivity (Wildman–Crippen MR) is 115 cm³/mol. The van der Waals surface area contributed by atoms with Crippen molar-refractivity contribution in [3.63, 3.8) is 0 Å². The standard InChI is InChI=1S/C22H28N4O3/c1-4-26(5-2)14-13-23-21(28)17-9-11-19(12-10-17)25-22(29)18-7-6-8-20(15-18)24-16(3)27/h6-12,15H,4-5,13-14H2,1-3H3,(H,23,28)(H,24,27)(H,25,29). The summed E-state index contributed by atoms with van der Waals surface area (Å²) in [6.45, 7) is 8.90. The van der Waals surface area contributed by atoms with Gasteiger partial charge < -0.3 is 20.9 Å². The van der Waals surface area contributed by atoms with Crippen molar-refractivity contribution in [2.24, 2.45) is 0 Å². The molecule has 2 aromatic carbocycles. The molecular formula is C22H28N4O3. The number of carbonyl (C=O) groups excluding carboxylic acids is 3. The molecule has 3 N–H and O–H groups in total. The molecule has 0 radical (unpaired) electrons. The van der Waals surface area contributed by atoms with E-state index < -0.39 is 0 Å². The van der Waals surface area contributed by atoms with Gasteiger partial charge in [-0.3, -0.25) is 14.4 Å². The van der Waals surface area contributed by atoms with Gasteiger partial charge in [0.15, 0.2) is 0 Å². The summed E-state index contributed by atoms with van der Waals surface area (Å²) in [4.78, 5) is 38.0.